The van der Waals surface area contributed by atoms with E-state index in [1.807, 2.05) is 11.1 Å². The fourth-order valence-corrected chi connectivity index (χ4v) is 4.98. The van der Waals surface area contributed by atoms with Gasteiger partial charge in [0.2, 0.25) is 5.91 Å². The summed E-state index contributed by atoms with van der Waals surface area (Å²) in [5, 5.41) is 0. The Hall–Kier alpha value is -2.93. The smallest absolute Gasteiger partial charge is 0.327 e. The highest BCUT2D eigenvalue weighted by atomic mass is 16.2. The number of H-pyrrole nitrogens is 1. The lowest BCUT2D eigenvalue weighted by Crippen LogP contribution is -2.48. The van der Waals surface area contributed by atoms with Crippen LogP contribution < -0.4 is 5.69 Å². The lowest BCUT2D eigenvalue weighted by Gasteiger charge is -2.38. The van der Waals surface area contributed by atoms with Crippen LogP contribution in [0.2, 0.25) is 0 Å². The first-order valence-corrected chi connectivity index (χ1v) is 12.1. The molecule has 34 heavy (non-hydrogen) atoms. The molecule has 0 aliphatic carbocycles. The summed E-state index contributed by atoms with van der Waals surface area (Å²) in [4.78, 5) is 36.2. The third kappa shape index (κ3) is 4.67. The third-order valence-electron chi connectivity index (χ3n) is 7.07. The quantitative estimate of drug-likeness (QED) is 0.633. The van der Waals surface area contributed by atoms with Crippen molar-refractivity contribution in [2.45, 2.75) is 54.0 Å². The first kappa shape index (κ1) is 24.2. The fourth-order valence-electron chi connectivity index (χ4n) is 4.98. The molecule has 4 rings (SSSR count). The lowest BCUT2D eigenvalue weighted by molar-refractivity contribution is -0.130. The predicted octanol–water partition coefficient (Wildman–Crippen LogP) is 4.05. The Bertz CT molecular complexity index is 1270. The van der Waals surface area contributed by atoms with Crippen molar-refractivity contribution in [1.82, 2.24) is 24.3 Å². The van der Waals surface area contributed by atoms with Gasteiger partial charge < -0.3 is 9.88 Å². The van der Waals surface area contributed by atoms with Gasteiger partial charge in [-0.15, -0.1) is 0 Å². The number of pyridine rings is 1. The van der Waals surface area contributed by atoms with Crippen molar-refractivity contribution in [1.29, 1.82) is 0 Å². The first-order chi connectivity index (χ1) is 16.0. The van der Waals surface area contributed by atoms with Crippen LogP contribution in [0.5, 0.6) is 0 Å². The minimum atomic E-state index is -0.140. The van der Waals surface area contributed by atoms with Gasteiger partial charge in [-0.05, 0) is 54.0 Å². The van der Waals surface area contributed by atoms with Gasteiger partial charge in [0.15, 0.2) is 5.65 Å². The van der Waals surface area contributed by atoms with Crippen molar-refractivity contribution in [2.75, 3.05) is 26.2 Å². The molecule has 0 spiro atoms. The number of carbonyl (C=O) groups excluding carboxylic acids is 1. The van der Waals surface area contributed by atoms with Crippen LogP contribution in [0.3, 0.4) is 0 Å². The molecule has 1 aliphatic heterocycles. The maximum absolute atomic E-state index is 12.4. The number of nitrogens with zero attached hydrogens (tertiary/aromatic N) is 4. The largest absolute Gasteiger partial charge is 0.340 e. The van der Waals surface area contributed by atoms with E-state index in [-0.39, 0.29) is 23.1 Å². The Morgan fingerprint density at radius 3 is 2.44 bits per heavy atom. The maximum atomic E-state index is 12.4. The summed E-state index contributed by atoms with van der Waals surface area (Å²) in [6, 6.07) is 6.92. The second-order valence-electron chi connectivity index (χ2n) is 10.9. The van der Waals surface area contributed by atoms with Crippen LogP contribution in [0, 0.1) is 12.3 Å². The average molecular weight is 464 g/mol. The van der Waals surface area contributed by atoms with Crippen molar-refractivity contribution in [3.63, 3.8) is 0 Å². The molecule has 1 fully saturated rings. The van der Waals surface area contributed by atoms with E-state index in [2.05, 4.69) is 67.7 Å². The van der Waals surface area contributed by atoms with Crippen molar-refractivity contribution in [3.8, 4) is 11.1 Å². The summed E-state index contributed by atoms with van der Waals surface area (Å²) in [6.07, 6.45) is 2.76. The Morgan fingerprint density at radius 2 is 1.82 bits per heavy atom. The number of nitrogens with one attached hydrogen (secondary N) is 1. The number of fused-ring (bicyclic) bond motifs is 1. The fraction of sp³-hybridized carbons (Fsp3) is 0.519. The molecule has 1 aromatic carbocycles. The molecule has 182 valence electrons. The predicted molar refractivity (Wildman–Crippen MR) is 137 cm³/mol. The summed E-state index contributed by atoms with van der Waals surface area (Å²) in [5.41, 5.74) is 7.24. The first-order valence-electron chi connectivity index (χ1n) is 12.1. The number of hydrogen-bond acceptors (Lipinski definition) is 4. The van der Waals surface area contributed by atoms with Gasteiger partial charge in [-0.1, -0.05) is 32.9 Å². The number of imidazole rings is 1. The molecule has 0 radical (unpaired) electrons. The number of aryl methyl sites for hydroxylation is 2. The van der Waals surface area contributed by atoms with Crippen LogP contribution in [0.4, 0.5) is 0 Å². The van der Waals surface area contributed by atoms with E-state index in [0.717, 1.165) is 54.8 Å². The van der Waals surface area contributed by atoms with Crippen LogP contribution in [0.1, 0.15) is 57.4 Å². The van der Waals surface area contributed by atoms with E-state index in [4.69, 9.17) is 0 Å². The van der Waals surface area contributed by atoms with E-state index in [1.54, 1.807) is 18.5 Å². The molecule has 3 aromatic rings. The zero-order chi connectivity index (χ0) is 24.8. The molecule has 1 aliphatic rings. The minimum absolute atomic E-state index is 0.0466. The number of piperazine rings is 1. The van der Waals surface area contributed by atoms with Gasteiger partial charge in [-0.2, -0.15) is 0 Å². The third-order valence-corrected chi connectivity index (χ3v) is 7.07. The molecule has 7 nitrogen and oxygen atoms in total. The van der Waals surface area contributed by atoms with Crippen LogP contribution in [-0.4, -0.2) is 56.4 Å². The number of rotatable bonds is 4. The van der Waals surface area contributed by atoms with Crippen LogP contribution >= 0.6 is 0 Å². The highest BCUT2D eigenvalue weighted by molar-refractivity contribution is 5.85. The second-order valence-corrected chi connectivity index (χ2v) is 10.9. The molecule has 2 aromatic heterocycles. The highest BCUT2D eigenvalue weighted by Crippen LogP contribution is 2.36. The van der Waals surface area contributed by atoms with Crippen molar-refractivity contribution in [2.24, 2.45) is 12.5 Å². The summed E-state index contributed by atoms with van der Waals surface area (Å²) >= 11 is 0. The van der Waals surface area contributed by atoms with E-state index in [9.17, 15) is 9.59 Å². The van der Waals surface area contributed by atoms with Gasteiger partial charge in [0, 0.05) is 58.0 Å². The monoisotopic (exact) mass is 463 g/mol. The zero-order valence-corrected chi connectivity index (χ0v) is 21.5. The van der Waals surface area contributed by atoms with Gasteiger partial charge in [-0.25, -0.2) is 9.78 Å². The molecular formula is C27H37N5O2. The normalized spacial score (nSPS) is 16.3. The zero-order valence-electron chi connectivity index (χ0n) is 21.5. The number of amides is 1. The van der Waals surface area contributed by atoms with E-state index >= 15 is 0 Å². The van der Waals surface area contributed by atoms with Gasteiger partial charge in [0.1, 0.15) is 0 Å². The molecule has 0 saturated carbocycles. The standard InChI is InChI=1S/C27H37N5O2/c1-17-8-9-20(18(2)31-10-12-32(13-11-31)19(3)33)14-21(17)23-16-28-25-24(29-26(34)30(25)7)22(23)15-27(4,5)6/h8-9,14,16,18H,10-13,15H2,1-7H3,(H,29,34). The van der Waals surface area contributed by atoms with Gasteiger partial charge in [-0.3, -0.25) is 14.3 Å². The van der Waals surface area contributed by atoms with Crippen LogP contribution in [0.25, 0.3) is 22.3 Å². The number of aromatic amines is 1. The second kappa shape index (κ2) is 9.02. The SMILES string of the molecule is CC(=O)N1CCN(C(C)c2ccc(C)c(-c3cnc4c([nH]c(=O)n4C)c3CC(C)(C)C)c2)CC1. The molecule has 0 bridgehead atoms. The maximum Gasteiger partial charge on any atom is 0.327 e. The molecule has 1 N–H and O–H groups in total. The highest BCUT2D eigenvalue weighted by Gasteiger charge is 2.25. The van der Waals surface area contributed by atoms with Crippen LogP contribution in [0.15, 0.2) is 29.2 Å². The Kier molecular flexibility index (Phi) is 6.42. The number of carbonyl (C=O) groups is 1. The Morgan fingerprint density at radius 1 is 1.15 bits per heavy atom. The number of aromatic nitrogens is 3. The van der Waals surface area contributed by atoms with Crippen molar-refractivity contribution in [3.05, 3.63) is 51.6 Å². The summed E-state index contributed by atoms with van der Waals surface area (Å²) in [7, 11) is 1.76. The molecule has 3 heterocycles. The number of hydrogen-bond donors (Lipinski definition) is 1. The summed E-state index contributed by atoms with van der Waals surface area (Å²) < 4.78 is 1.58. The van der Waals surface area contributed by atoms with Gasteiger partial charge in [0.05, 0.1) is 5.52 Å². The van der Waals surface area contributed by atoms with Gasteiger partial charge >= 0.3 is 5.69 Å². The molecule has 1 atom stereocenters. The lowest BCUT2D eigenvalue weighted by atomic mass is 9.84. The molecule has 7 heteroatoms. The van der Waals surface area contributed by atoms with Crippen molar-refractivity contribution < 1.29 is 4.79 Å². The summed E-state index contributed by atoms with van der Waals surface area (Å²) in [6.45, 7) is 16.0. The summed E-state index contributed by atoms with van der Waals surface area (Å²) in [5.74, 6) is 0.151. The minimum Gasteiger partial charge on any atom is -0.340 e. The molecule has 1 unspecified atom stereocenters. The topological polar surface area (TPSA) is 74.2 Å². The van der Waals surface area contributed by atoms with Crippen LogP contribution in [-0.2, 0) is 18.3 Å². The number of benzene rings is 1. The van der Waals surface area contributed by atoms with E-state index in [0.29, 0.717) is 5.65 Å². The Balaban J connectivity index is 1.76. The van der Waals surface area contributed by atoms with E-state index < -0.39 is 0 Å². The Labute approximate surface area is 201 Å². The molecular weight excluding hydrogens is 426 g/mol. The average Bonchev–Trinajstić information content (AvgIpc) is 3.07. The molecule has 1 saturated heterocycles. The molecule has 1 amide bonds. The van der Waals surface area contributed by atoms with Gasteiger partial charge in [0.25, 0.3) is 0 Å². The van der Waals surface area contributed by atoms with E-state index in [1.165, 1.54) is 11.1 Å². The van der Waals surface area contributed by atoms with Crippen molar-refractivity contribution >= 4 is 17.1 Å².